The summed E-state index contributed by atoms with van der Waals surface area (Å²) in [6.45, 7) is 5.37. The summed E-state index contributed by atoms with van der Waals surface area (Å²) in [5.41, 5.74) is 5.48. The predicted molar refractivity (Wildman–Crippen MR) is 135 cm³/mol. The highest BCUT2D eigenvalue weighted by Crippen LogP contribution is 2.38. The third-order valence-corrected chi connectivity index (χ3v) is 5.35. The molecule has 3 heteroatoms. The Morgan fingerprint density at radius 2 is 1.15 bits per heavy atom. The van der Waals surface area contributed by atoms with Crippen LogP contribution in [-0.2, 0) is 13.2 Å². The number of benzene rings is 3. The first-order valence-electron chi connectivity index (χ1n) is 11.3. The highest BCUT2D eigenvalue weighted by molar-refractivity contribution is 5.72. The van der Waals surface area contributed by atoms with Gasteiger partial charge in [0.25, 0.3) is 0 Å². The van der Waals surface area contributed by atoms with Gasteiger partial charge in [-0.25, -0.2) is 0 Å². The molecule has 4 rings (SSSR count). The highest BCUT2D eigenvalue weighted by Gasteiger charge is 2.17. The summed E-state index contributed by atoms with van der Waals surface area (Å²) in [4.78, 5) is 4.09. The van der Waals surface area contributed by atoms with Gasteiger partial charge < -0.3 is 9.47 Å². The lowest BCUT2D eigenvalue weighted by Crippen LogP contribution is -2.05. The van der Waals surface area contributed by atoms with Crippen molar-refractivity contribution in [3.8, 4) is 11.5 Å². The van der Waals surface area contributed by atoms with Gasteiger partial charge in [0, 0.05) is 18.0 Å². The van der Waals surface area contributed by atoms with Crippen molar-refractivity contribution in [1.29, 1.82) is 0 Å². The van der Waals surface area contributed by atoms with Gasteiger partial charge >= 0.3 is 0 Å². The Kier molecular flexibility index (Phi) is 7.55. The lowest BCUT2D eigenvalue weighted by Gasteiger charge is -2.20. The van der Waals surface area contributed by atoms with Gasteiger partial charge in [0.2, 0.25) is 0 Å². The van der Waals surface area contributed by atoms with E-state index in [9.17, 15) is 0 Å². The molecule has 1 aromatic heterocycles. The molecule has 0 radical (unpaired) electrons. The summed E-state index contributed by atoms with van der Waals surface area (Å²) in [7, 11) is 0. The molecule has 0 unspecified atom stereocenters. The van der Waals surface area contributed by atoms with Crippen LogP contribution >= 0.6 is 0 Å². The van der Waals surface area contributed by atoms with Crippen molar-refractivity contribution in [3.05, 3.63) is 125 Å². The van der Waals surface area contributed by atoms with Crippen LogP contribution in [0.3, 0.4) is 0 Å². The number of aromatic nitrogens is 1. The molecule has 0 bridgehead atoms. The number of pyridine rings is 1. The van der Waals surface area contributed by atoms with E-state index in [0.29, 0.717) is 13.2 Å². The fraction of sp³-hybridized carbons (Fsp3) is 0.167. The summed E-state index contributed by atoms with van der Waals surface area (Å²) in [6.07, 6.45) is 7.76. The second-order valence-corrected chi connectivity index (χ2v) is 8.25. The van der Waals surface area contributed by atoms with Crippen LogP contribution in [0.5, 0.6) is 11.5 Å². The van der Waals surface area contributed by atoms with Crippen molar-refractivity contribution in [2.75, 3.05) is 0 Å². The van der Waals surface area contributed by atoms with Crippen LogP contribution in [0.1, 0.15) is 47.6 Å². The van der Waals surface area contributed by atoms with Crippen molar-refractivity contribution in [2.45, 2.75) is 33.0 Å². The van der Waals surface area contributed by atoms with Crippen LogP contribution in [0.25, 0.3) is 12.2 Å². The maximum absolute atomic E-state index is 6.35. The van der Waals surface area contributed by atoms with Crippen LogP contribution in [0, 0.1) is 0 Å². The maximum atomic E-state index is 6.35. The molecule has 3 aromatic carbocycles. The quantitative estimate of drug-likeness (QED) is 0.272. The maximum Gasteiger partial charge on any atom is 0.127 e. The predicted octanol–water partition coefficient (Wildman–Crippen LogP) is 7.53. The first kappa shape index (κ1) is 22.3. The Morgan fingerprint density at radius 3 is 1.64 bits per heavy atom. The molecule has 0 fully saturated rings. The normalized spacial score (nSPS) is 11.1. The minimum atomic E-state index is 0.250. The van der Waals surface area contributed by atoms with Crippen LogP contribution in [-0.4, -0.2) is 4.98 Å². The molecule has 0 amide bonds. The zero-order chi connectivity index (χ0) is 22.9. The summed E-state index contributed by atoms with van der Waals surface area (Å²) < 4.78 is 12.7. The Bertz CT molecular complexity index is 1110. The molecular weight excluding hydrogens is 406 g/mol. The van der Waals surface area contributed by atoms with Gasteiger partial charge in [0.05, 0.1) is 0 Å². The summed E-state index contributed by atoms with van der Waals surface area (Å²) >= 11 is 0. The number of hydrogen-bond donors (Lipinski definition) is 0. The third kappa shape index (κ3) is 6.33. The van der Waals surface area contributed by atoms with E-state index < -0.39 is 0 Å². The molecule has 0 saturated heterocycles. The molecule has 0 aliphatic carbocycles. The molecule has 1 heterocycles. The lowest BCUT2D eigenvalue weighted by atomic mass is 9.98. The van der Waals surface area contributed by atoms with Gasteiger partial charge in [-0.15, -0.1) is 0 Å². The van der Waals surface area contributed by atoms with E-state index in [-0.39, 0.29) is 5.92 Å². The second-order valence-electron chi connectivity index (χ2n) is 8.25. The van der Waals surface area contributed by atoms with E-state index in [1.807, 2.05) is 48.5 Å². The molecule has 0 N–H and O–H groups in total. The molecule has 166 valence electrons. The smallest absolute Gasteiger partial charge is 0.127 e. The van der Waals surface area contributed by atoms with Crippen LogP contribution in [0.15, 0.2) is 97.3 Å². The Labute approximate surface area is 196 Å². The fourth-order valence-electron chi connectivity index (χ4n) is 3.66. The van der Waals surface area contributed by atoms with E-state index in [1.54, 1.807) is 12.4 Å². The molecule has 0 atom stereocenters. The van der Waals surface area contributed by atoms with E-state index in [1.165, 1.54) is 0 Å². The van der Waals surface area contributed by atoms with Crippen molar-refractivity contribution < 1.29 is 9.47 Å². The van der Waals surface area contributed by atoms with Gasteiger partial charge in [-0.2, -0.15) is 0 Å². The number of nitrogens with zero attached hydrogens (tertiary/aromatic N) is 1. The second kappa shape index (κ2) is 11.1. The van der Waals surface area contributed by atoms with E-state index in [0.717, 1.165) is 39.3 Å². The number of rotatable bonds is 9. The number of ether oxygens (including phenoxy) is 2. The van der Waals surface area contributed by atoms with Gasteiger partial charge in [-0.05, 0) is 52.4 Å². The molecule has 3 nitrogen and oxygen atoms in total. The molecule has 4 aromatic rings. The third-order valence-electron chi connectivity index (χ3n) is 5.35. The van der Waals surface area contributed by atoms with Crippen LogP contribution in [0.4, 0.5) is 0 Å². The molecule has 0 aliphatic rings. The van der Waals surface area contributed by atoms with Crippen molar-refractivity contribution in [2.24, 2.45) is 0 Å². The molecule has 0 saturated carbocycles. The van der Waals surface area contributed by atoms with Gasteiger partial charge in [0.1, 0.15) is 24.7 Å². The first-order chi connectivity index (χ1) is 16.2. The molecule has 33 heavy (non-hydrogen) atoms. The van der Waals surface area contributed by atoms with Gasteiger partial charge in [-0.3, -0.25) is 4.98 Å². The monoisotopic (exact) mass is 435 g/mol. The van der Waals surface area contributed by atoms with E-state index in [4.69, 9.17) is 9.47 Å². The largest absolute Gasteiger partial charge is 0.488 e. The van der Waals surface area contributed by atoms with Crippen molar-refractivity contribution in [1.82, 2.24) is 4.98 Å². The van der Waals surface area contributed by atoms with Crippen LogP contribution < -0.4 is 9.47 Å². The average molecular weight is 436 g/mol. The molecule has 0 aliphatic heterocycles. The van der Waals surface area contributed by atoms with Crippen molar-refractivity contribution in [3.63, 3.8) is 0 Å². The molecular formula is C30H29NO2. The van der Waals surface area contributed by atoms with Crippen molar-refractivity contribution >= 4 is 12.2 Å². The summed E-state index contributed by atoms with van der Waals surface area (Å²) in [6, 6.07) is 28.7. The minimum Gasteiger partial charge on any atom is -0.488 e. The fourth-order valence-corrected chi connectivity index (χ4v) is 3.66. The number of hydrogen-bond acceptors (Lipinski definition) is 3. The standard InChI is InChI=1S/C30H29NO2/c1-23(2)30-28(32-21-25-9-5-3-6-10-25)19-27(14-13-24-15-17-31-18-16-24)20-29(30)33-22-26-11-7-4-8-12-26/h3-20,23H,21-22H2,1-2H3. The topological polar surface area (TPSA) is 31.4 Å². The van der Waals surface area contributed by atoms with Gasteiger partial charge in [-0.1, -0.05) is 86.7 Å². The average Bonchev–Trinajstić information content (AvgIpc) is 2.86. The zero-order valence-electron chi connectivity index (χ0n) is 19.1. The minimum absolute atomic E-state index is 0.250. The lowest BCUT2D eigenvalue weighted by molar-refractivity contribution is 0.282. The first-order valence-corrected chi connectivity index (χ1v) is 11.3. The molecule has 0 spiro atoms. The Hall–Kier alpha value is -3.85. The SMILES string of the molecule is CC(C)c1c(OCc2ccccc2)cc(C=Cc2ccncc2)cc1OCc1ccccc1. The zero-order valence-corrected chi connectivity index (χ0v) is 19.1. The highest BCUT2D eigenvalue weighted by atomic mass is 16.5. The van der Waals surface area contributed by atoms with E-state index >= 15 is 0 Å². The summed E-state index contributed by atoms with van der Waals surface area (Å²) in [5.74, 6) is 1.96. The van der Waals surface area contributed by atoms with E-state index in [2.05, 4.69) is 67.4 Å². The Morgan fingerprint density at radius 1 is 0.667 bits per heavy atom. The summed E-state index contributed by atoms with van der Waals surface area (Å²) in [5, 5.41) is 0. The Balaban J connectivity index is 1.67. The van der Waals surface area contributed by atoms with Crippen LogP contribution in [0.2, 0.25) is 0 Å². The van der Waals surface area contributed by atoms with Gasteiger partial charge in [0.15, 0.2) is 0 Å².